The van der Waals surface area contributed by atoms with Crippen LogP contribution in [0.1, 0.15) is 10.4 Å². The Hall–Kier alpha value is -3.68. The Kier molecular flexibility index (Phi) is 4.52. The monoisotopic (exact) mass is 377 g/mol. The maximum Gasteiger partial charge on any atom is 0.262 e. The quantitative estimate of drug-likeness (QED) is 0.749. The molecule has 0 unspecified atom stereocenters. The standard InChI is InChI=1S/C20H19N5O3/c1-21-19(26)18-12-25(16-5-3-4-6-17(16)28-18)20(27)14-7-13(8-22-9-14)15-10-23-24(2)11-15/h3-11,18H,12H2,1-2H3,(H,21,26)/t18-/m1/s1. The number of rotatable bonds is 3. The first kappa shape index (κ1) is 17.7. The normalized spacial score (nSPS) is 15.5. The molecule has 2 amide bonds. The molecule has 0 fully saturated rings. The van der Waals surface area contributed by atoms with Gasteiger partial charge in [0, 0.05) is 43.8 Å². The summed E-state index contributed by atoms with van der Waals surface area (Å²) in [7, 11) is 3.37. The lowest BCUT2D eigenvalue weighted by atomic mass is 10.1. The molecule has 3 heterocycles. The maximum absolute atomic E-state index is 13.3. The fourth-order valence-corrected chi connectivity index (χ4v) is 3.17. The van der Waals surface area contributed by atoms with E-state index < -0.39 is 6.10 Å². The molecule has 0 saturated carbocycles. The van der Waals surface area contributed by atoms with Gasteiger partial charge in [-0.1, -0.05) is 12.1 Å². The van der Waals surface area contributed by atoms with Gasteiger partial charge in [0.25, 0.3) is 11.8 Å². The fourth-order valence-electron chi connectivity index (χ4n) is 3.17. The Labute approximate surface area is 161 Å². The summed E-state index contributed by atoms with van der Waals surface area (Å²) in [5, 5.41) is 6.73. The third-order valence-corrected chi connectivity index (χ3v) is 4.58. The summed E-state index contributed by atoms with van der Waals surface area (Å²) >= 11 is 0. The number of para-hydroxylation sites is 2. The number of hydrogen-bond acceptors (Lipinski definition) is 5. The predicted molar refractivity (Wildman–Crippen MR) is 103 cm³/mol. The lowest BCUT2D eigenvalue weighted by Gasteiger charge is -2.34. The lowest BCUT2D eigenvalue weighted by molar-refractivity contribution is -0.127. The zero-order valence-electron chi connectivity index (χ0n) is 15.5. The molecule has 3 aromatic rings. The molecule has 0 aliphatic carbocycles. The lowest BCUT2D eigenvalue weighted by Crippen LogP contribution is -2.50. The van der Waals surface area contributed by atoms with Crippen LogP contribution < -0.4 is 15.0 Å². The smallest absolute Gasteiger partial charge is 0.262 e. The Morgan fingerprint density at radius 2 is 2.00 bits per heavy atom. The van der Waals surface area contributed by atoms with Gasteiger partial charge in [0.2, 0.25) is 0 Å². The number of ether oxygens (including phenoxy) is 1. The summed E-state index contributed by atoms with van der Waals surface area (Å²) in [5.74, 6) is -0.0375. The summed E-state index contributed by atoms with van der Waals surface area (Å²) in [6.45, 7) is 0.118. The molecular weight excluding hydrogens is 358 g/mol. The van der Waals surface area contributed by atoms with E-state index >= 15 is 0 Å². The first-order chi connectivity index (χ1) is 13.6. The molecular formula is C20H19N5O3. The molecule has 0 saturated heterocycles. The van der Waals surface area contributed by atoms with Crippen LogP contribution in [0, 0.1) is 0 Å². The number of pyridine rings is 1. The number of fused-ring (bicyclic) bond motifs is 1. The number of amides is 2. The van der Waals surface area contributed by atoms with Gasteiger partial charge in [0.1, 0.15) is 5.75 Å². The number of nitrogens with zero attached hydrogens (tertiary/aromatic N) is 4. The second kappa shape index (κ2) is 7.15. The van der Waals surface area contributed by atoms with Crippen molar-refractivity contribution in [1.82, 2.24) is 20.1 Å². The van der Waals surface area contributed by atoms with Crippen LogP contribution in [0.2, 0.25) is 0 Å². The van der Waals surface area contributed by atoms with Crippen LogP contribution >= 0.6 is 0 Å². The molecule has 1 atom stereocenters. The van der Waals surface area contributed by atoms with Crippen LogP contribution in [-0.4, -0.2) is 46.3 Å². The number of aryl methyl sites for hydroxylation is 1. The SMILES string of the molecule is CNC(=O)[C@H]1CN(C(=O)c2cncc(-c3cnn(C)c3)c2)c2ccccc2O1. The molecule has 142 valence electrons. The van der Waals surface area contributed by atoms with Gasteiger partial charge in [-0.25, -0.2) is 0 Å². The largest absolute Gasteiger partial charge is 0.477 e. The van der Waals surface area contributed by atoms with Crippen molar-refractivity contribution in [2.24, 2.45) is 7.05 Å². The average molecular weight is 377 g/mol. The summed E-state index contributed by atoms with van der Waals surface area (Å²) in [4.78, 5) is 31.2. The highest BCUT2D eigenvalue weighted by Gasteiger charge is 2.33. The highest BCUT2D eigenvalue weighted by molar-refractivity contribution is 6.08. The second-order valence-electron chi connectivity index (χ2n) is 6.47. The van der Waals surface area contributed by atoms with Gasteiger partial charge in [0.05, 0.1) is 24.0 Å². The minimum atomic E-state index is -0.779. The zero-order valence-corrected chi connectivity index (χ0v) is 15.5. The van der Waals surface area contributed by atoms with Crippen LogP contribution in [-0.2, 0) is 11.8 Å². The molecule has 2 aromatic heterocycles. The van der Waals surface area contributed by atoms with E-state index in [1.807, 2.05) is 19.3 Å². The van der Waals surface area contributed by atoms with Gasteiger partial charge in [-0.15, -0.1) is 0 Å². The van der Waals surface area contributed by atoms with Gasteiger partial charge >= 0.3 is 0 Å². The fraction of sp³-hybridized carbons (Fsp3) is 0.200. The van der Waals surface area contributed by atoms with Crippen LogP contribution in [0.3, 0.4) is 0 Å². The van der Waals surface area contributed by atoms with Gasteiger partial charge in [-0.3, -0.25) is 19.3 Å². The number of aromatic nitrogens is 3. The van der Waals surface area contributed by atoms with Crippen LogP contribution in [0.4, 0.5) is 5.69 Å². The van der Waals surface area contributed by atoms with Crippen LogP contribution in [0.5, 0.6) is 5.75 Å². The van der Waals surface area contributed by atoms with Gasteiger partial charge in [-0.2, -0.15) is 5.10 Å². The van der Waals surface area contributed by atoms with Gasteiger partial charge in [0.15, 0.2) is 6.10 Å². The zero-order chi connectivity index (χ0) is 19.7. The molecule has 1 aliphatic rings. The van der Waals surface area contributed by atoms with Crippen molar-refractivity contribution >= 4 is 17.5 Å². The van der Waals surface area contributed by atoms with E-state index in [1.165, 1.54) is 6.20 Å². The third-order valence-electron chi connectivity index (χ3n) is 4.58. The molecule has 0 bridgehead atoms. The maximum atomic E-state index is 13.3. The molecule has 0 radical (unpaired) electrons. The number of benzene rings is 1. The molecule has 8 heteroatoms. The van der Waals surface area contributed by atoms with E-state index in [-0.39, 0.29) is 18.4 Å². The van der Waals surface area contributed by atoms with E-state index in [2.05, 4.69) is 15.4 Å². The number of likely N-dealkylation sites (N-methyl/N-ethyl adjacent to an activating group) is 1. The van der Waals surface area contributed by atoms with Crippen molar-refractivity contribution in [1.29, 1.82) is 0 Å². The van der Waals surface area contributed by atoms with E-state index in [0.717, 1.165) is 11.1 Å². The van der Waals surface area contributed by atoms with Crippen molar-refractivity contribution < 1.29 is 14.3 Å². The third kappa shape index (κ3) is 3.20. The number of nitrogens with one attached hydrogen (secondary N) is 1. The predicted octanol–water partition coefficient (Wildman–Crippen LogP) is 1.64. The Balaban J connectivity index is 1.70. The first-order valence-corrected chi connectivity index (χ1v) is 8.80. The summed E-state index contributed by atoms with van der Waals surface area (Å²) in [5.41, 5.74) is 2.71. The van der Waals surface area contributed by atoms with E-state index in [4.69, 9.17) is 4.74 Å². The number of hydrogen-bond donors (Lipinski definition) is 1. The molecule has 28 heavy (non-hydrogen) atoms. The molecule has 0 spiro atoms. The minimum Gasteiger partial charge on any atom is -0.477 e. The van der Waals surface area contributed by atoms with Crippen molar-refractivity contribution in [3.8, 4) is 16.9 Å². The van der Waals surface area contributed by atoms with Crippen molar-refractivity contribution in [2.45, 2.75) is 6.10 Å². The molecule has 1 aromatic carbocycles. The molecule has 1 N–H and O–H groups in total. The topological polar surface area (TPSA) is 89.4 Å². The average Bonchev–Trinajstić information content (AvgIpc) is 3.18. The Morgan fingerprint density at radius 3 is 2.75 bits per heavy atom. The van der Waals surface area contributed by atoms with Crippen LogP contribution in [0.15, 0.2) is 55.1 Å². The van der Waals surface area contributed by atoms with Gasteiger partial charge in [-0.05, 0) is 18.2 Å². The molecule has 8 nitrogen and oxygen atoms in total. The van der Waals surface area contributed by atoms with Crippen molar-refractivity contribution in [3.05, 3.63) is 60.7 Å². The van der Waals surface area contributed by atoms with Gasteiger partial charge < -0.3 is 15.0 Å². The summed E-state index contributed by atoms with van der Waals surface area (Å²) in [6.07, 6.45) is 6.01. The summed E-state index contributed by atoms with van der Waals surface area (Å²) < 4.78 is 7.45. The highest BCUT2D eigenvalue weighted by atomic mass is 16.5. The Morgan fingerprint density at radius 1 is 1.18 bits per heavy atom. The van der Waals surface area contributed by atoms with E-state index in [9.17, 15) is 9.59 Å². The Bertz CT molecular complexity index is 1050. The minimum absolute atomic E-state index is 0.118. The second-order valence-corrected chi connectivity index (χ2v) is 6.47. The highest BCUT2D eigenvalue weighted by Crippen LogP contribution is 2.34. The molecule has 4 rings (SSSR count). The van der Waals surface area contributed by atoms with E-state index in [1.54, 1.807) is 53.3 Å². The van der Waals surface area contributed by atoms with Crippen molar-refractivity contribution in [2.75, 3.05) is 18.5 Å². The summed E-state index contributed by atoms with van der Waals surface area (Å²) in [6, 6.07) is 8.95. The van der Waals surface area contributed by atoms with Crippen molar-refractivity contribution in [3.63, 3.8) is 0 Å². The number of carbonyl (C=O) groups excluding carboxylic acids is 2. The number of anilines is 1. The molecule has 1 aliphatic heterocycles. The first-order valence-electron chi connectivity index (χ1n) is 8.80. The van der Waals surface area contributed by atoms with E-state index in [0.29, 0.717) is 17.0 Å². The van der Waals surface area contributed by atoms with Crippen LogP contribution in [0.25, 0.3) is 11.1 Å². The number of carbonyl (C=O) groups is 2.